The summed E-state index contributed by atoms with van der Waals surface area (Å²) in [6, 6.07) is 0. The zero-order valence-corrected chi connectivity index (χ0v) is 11.0. The molecule has 17 heavy (non-hydrogen) atoms. The summed E-state index contributed by atoms with van der Waals surface area (Å²) >= 11 is 0. The van der Waals surface area contributed by atoms with E-state index in [-0.39, 0.29) is 5.97 Å². The largest absolute Gasteiger partial charge is 0.465 e. The molecule has 0 unspecified atom stereocenters. The molecular formula is C13H22O4. The monoisotopic (exact) mass is 242 g/mol. The van der Waals surface area contributed by atoms with Crippen molar-refractivity contribution in [1.82, 2.24) is 0 Å². The lowest BCUT2D eigenvalue weighted by atomic mass is 9.64. The SMILES string of the molecule is CCOC(=O)[C@]12CC[C@](C)([C@@H](O)[C@@H]1O)C2(C)C. The van der Waals surface area contributed by atoms with Crippen molar-refractivity contribution in [2.24, 2.45) is 16.2 Å². The van der Waals surface area contributed by atoms with Crippen molar-refractivity contribution in [2.75, 3.05) is 6.61 Å². The summed E-state index contributed by atoms with van der Waals surface area (Å²) < 4.78 is 5.14. The summed E-state index contributed by atoms with van der Waals surface area (Å²) in [5.74, 6) is -0.363. The van der Waals surface area contributed by atoms with Gasteiger partial charge in [0.2, 0.25) is 0 Å². The standard InChI is InChI=1S/C13H22O4/c1-5-17-10(16)13-7-6-12(4,11(13,2)3)8(14)9(13)15/h8-9,14-15H,5-7H2,1-4H3/t8-,9-,12+,13-/m0/s1. The van der Waals surface area contributed by atoms with Crippen LogP contribution < -0.4 is 0 Å². The number of rotatable bonds is 2. The first-order valence-corrected chi connectivity index (χ1v) is 6.29. The quantitative estimate of drug-likeness (QED) is 0.712. The van der Waals surface area contributed by atoms with E-state index >= 15 is 0 Å². The molecule has 2 fully saturated rings. The van der Waals surface area contributed by atoms with E-state index in [4.69, 9.17) is 4.74 Å². The van der Waals surface area contributed by atoms with Gasteiger partial charge in [0, 0.05) is 5.41 Å². The van der Waals surface area contributed by atoms with E-state index in [0.29, 0.717) is 13.0 Å². The molecular weight excluding hydrogens is 220 g/mol. The van der Waals surface area contributed by atoms with Gasteiger partial charge in [-0.1, -0.05) is 20.8 Å². The van der Waals surface area contributed by atoms with Crippen molar-refractivity contribution in [2.45, 2.75) is 52.7 Å². The van der Waals surface area contributed by atoms with E-state index in [1.54, 1.807) is 6.92 Å². The Balaban J connectivity index is 2.50. The molecule has 2 aliphatic carbocycles. The third kappa shape index (κ3) is 1.13. The van der Waals surface area contributed by atoms with E-state index in [2.05, 4.69) is 0 Å². The van der Waals surface area contributed by atoms with Crippen molar-refractivity contribution in [3.63, 3.8) is 0 Å². The Morgan fingerprint density at radius 3 is 2.24 bits per heavy atom. The molecule has 0 amide bonds. The number of carbonyl (C=O) groups excluding carboxylic acids is 1. The first-order chi connectivity index (χ1) is 7.75. The first-order valence-electron chi connectivity index (χ1n) is 6.29. The van der Waals surface area contributed by atoms with Gasteiger partial charge in [-0.2, -0.15) is 0 Å². The number of hydrogen-bond acceptors (Lipinski definition) is 4. The van der Waals surface area contributed by atoms with Crippen LogP contribution in [0.2, 0.25) is 0 Å². The molecule has 4 atom stereocenters. The fraction of sp³-hybridized carbons (Fsp3) is 0.923. The molecule has 0 aromatic heterocycles. The highest BCUT2D eigenvalue weighted by atomic mass is 16.5. The van der Waals surface area contributed by atoms with Crippen molar-refractivity contribution in [3.05, 3.63) is 0 Å². The lowest BCUT2D eigenvalue weighted by Crippen LogP contribution is -2.49. The third-order valence-electron chi connectivity index (χ3n) is 5.68. The molecule has 2 bridgehead atoms. The molecule has 0 spiro atoms. The second-order valence-corrected chi connectivity index (χ2v) is 6.12. The van der Waals surface area contributed by atoms with Crippen molar-refractivity contribution < 1.29 is 19.7 Å². The Bertz CT molecular complexity index is 351. The Morgan fingerprint density at radius 2 is 1.82 bits per heavy atom. The van der Waals surface area contributed by atoms with Gasteiger partial charge in [0.1, 0.15) is 5.41 Å². The molecule has 2 N–H and O–H groups in total. The van der Waals surface area contributed by atoms with Crippen LogP contribution in [0.25, 0.3) is 0 Å². The number of hydrogen-bond donors (Lipinski definition) is 2. The highest BCUT2D eigenvalue weighted by Gasteiger charge is 2.77. The van der Waals surface area contributed by atoms with Gasteiger partial charge in [-0.3, -0.25) is 4.79 Å². The maximum absolute atomic E-state index is 12.2. The van der Waals surface area contributed by atoms with Crippen LogP contribution in [0.5, 0.6) is 0 Å². The predicted molar refractivity (Wildman–Crippen MR) is 62.2 cm³/mol. The van der Waals surface area contributed by atoms with E-state index < -0.39 is 28.5 Å². The minimum absolute atomic E-state index is 0.302. The summed E-state index contributed by atoms with van der Waals surface area (Å²) in [5.41, 5.74) is -1.82. The van der Waals surface area contributed by atoms with Crippen molar-refractivity contribution in [1.29, 1.82) is 0 Å². The number of aliphatic hydroxyl groups is 2. The van der Waals surface area contributed by atoms with Gasteiger partial charge in [0.25, 0.3) is 0 Å². The molecule has 2 rings (SSSR count). The highest BCUT2D eigenvalue weighted by molar-refractivity contribution is 5.81. The predicted octanol–water partition coefficient (Wildman–Crippen LogP) is 1.10. The van der Waals surface area contributed by atoms with Crippen LogP contribution in [0.3, 0.4) is 0 Å². The summed E-state index contributed by atoms with van der Waals surface area (Å²) in [7, 11) is 0. The Hall–Kier alpha value is -0.610. The highest BCUT2D eigenvalue weighted by Crippen LogP contribution is 2.72. The van der Waals surface area contributed by atoms with Crippen LogP contribution >= 0.6 is 0 Å². The van der Waals surface area contributed by atoms with Crippen LogP contribution in [0.4, 0.5) is 0 Å². The lowest BCUT2D eigenvalue weighted by Gasteiger charge is -2.39. The van der Waals surface area contributed by atoms with Gasteiger partial charge < -0.3 is 14.9 Å². The number of esters is 1. The molecule has 98 valence electrons. The summed E-state index contributed by atoms with van der Waals surface area (Å²) in [6.07, 6.45) is -0.532. The van der Waals surface area contributed by atoms with E-state index in [1.807, 2.05) is 20.8 Å². The molecule has 0 aromatic rings. The summed E-state index contributed by atoms with van der Waals surface area (Å²) in [5, 5.41) is 20.5. The maximum atomic E-state index is 12.2. The molecule has 4 nitrogen and oxygen atoms in total. The Labute approximate surface area is 102 Å². The number of carbonyl (C=O) groups is 1. The van der Waals surface area contributed by atoms with E-state index in [9.17, 15) is 15.0 Å². The van der Waals surface area contributed by atoms with Crippen LogP contribution in [0.15, 0.2) is 0 Å². The number of fused-ring (bicyclic) bond motifs is 2. The Kier molecular flexibility index (Phi) is 2.61. The van der Waals surface area contributed by atoms with Gasteiger partial charge in [-0.05, 0) is 25.2 Å². The van der Waals surface area contributed by atoms with E-state index in [1.165, 1.54) is 0 Å². The fourth-order valence-electron chi connectivity index (χ4n) is 3.98. The van der Waals surface area contributed by atoms with Crippen LogP contribution in [0, 0.1) is 16.2 Å². The molecule has 0 aliphatic heterocycles. The summed E-state index contributed by atoms with van der Waals surface area (Å²) in [4.78, 5) is 12.2. The molecule has 2 aliphatic rings. The van der Waals surface area contributed by atoms with Crippen LogP contribution in [-0.4, -0.2) is 35.0 Å². The normalized spacial score (nSPS) is 47.2. The van der Waals surface area contributed by atoms with Gasteiger partial charge in [-0.15, -0.1) is 0 Å². The number of ether oxygens (including phenoxy) is 1. The summed E-state index contributed by atoms with van der Waals surface area (Å²) in [6.45, 7) is 7.92. The minimum Gasteiger partial charge on any atom is -0.465 e. The topological polar surface area (TPSA) is 66.8 Å². The van der Waals surface area contributed by atoms with Gasteiger partial charge in [0.05, 0.1) is 18.8 Å². The minimum atomic E-state index is -1.02. The molecule has 4 heteroatoms. The molecule has 2 saturated carbocycles. The first kappa shape index (κ1) is 12.8. The van der Waals surface area contributed by atoms with Gasteiger partial charge in [-0.25, -0.2) is 0 Å². The molecule has 0 aromatic carbocycles. The van der Waals surface area contributed by atoms with Crippen LogP contribution in [-0.2, 0) is 9.53 Å². The van der Waals surface area contributed by atoms with E-state index in [0.717, 1.165) is 6.42 Å². The zero-order valence-electron chi connectivity index (χ0n) is 11.0. The van der Waals surface area contributed by atoms with Crippen molar-refractivity contribution in [3.8, 4) is 0 Å². The second-order valence-electron chi connectivity index (χ2n) is 6.12. The maximum Gasteiger partial charge on any atom is 0.315 e. The molecule has 0 radical (unpaired) electrons. The zero-order chi connectivity index (χ0) is 13.1. The Morgan fingerprint density at radius 1 is 1.24 bits per heavy atom. The average molecular weight is 242 g/mol. The third-order valence-corrected chi connectivity index (χ3v) is 5.68. The van der Waals surface area contributed by atoms with Gasteiger partial charge >= 0.3 is 5.97 Å². The van der Waals surface area contributed by atoms with Crippen molar-refractivity contribution >= 4 is 5.97 Å². The second kappa shape index (κ2) is 3.45. The average Bonchev–Trinajstić information content (AvgIpc) is 2.52. The smallest absolute Gasteiger partial charge is 0.315 e. The van der Waals surface area contributed by atoms with Crippen LogP contribution in [0.1, 0.15) is 40.5 Å². The van der Waals surface area contributed by atoms with Gasteiger partial charge in [0.15, 0.2) is 0 Å². The fourth-order valence-corrected chi connectivity index (χ4v) is 3.98. The molecule has 0 heterocycles. The number of aliphatic hydroxyl groups excluding tert-OH is 2. The lowest BCUT2D eigenvalue weighted by molar-refractivity contribution is -0.171. The molecule has 0 saturated heterocycles.